The van der Waals surface area contributed by atoms with Crippen LogP contribution in [0.15, 0.2) is 24.5 Å². The van der Waals surface area contributed by atoms with Gasteiger partial charge in [0, 0.05) is 11.9 Å². The summed E-state index contributed by atoms with van der Waals surface area (Å²) in [5, 5.41) is 4.30. The summed E-state index contributed by atoms with van der Waals surface area (Å²) in [6, 6.07) is 2.37. The summed E-state index contributed by atoms with van der Waals surface area (Å²) >= 11 is 0. The molecule has 22 heavy (non-hydrogen) atoms. The number of alkyl halides is 3. The summed E-state index contributed by atoms with van der Waals surface area (Å²) in [7, 11) is 0. The van der Waals surface area contributed by atoms with Crippen molar-refractivity contribution < 1.29 is 13.2 Å². The van der Waals surface area contributed by atoms with Crippen LogP contribution in [0.4, 0.5) is 13.2 Å². The predicted molar refractivity (Wildman–Crippen MR) is 79.0 cm³/mol. The molecule has 0 N–H and O–H groups in total. The van der Waals surface area contributed by atoms with Gasteiger partial charge < -0.3 is 0 Å². The molecule has 120 valence electrons. The molecular formula is C16H20F3N3. The molecule has 0 unspecified atom stereocenters. The maximum absolute atomic E-state index is 12.6. The summed E-state index contributed by atoms with van der Waals surface area (Å²) in [6.45, 7) is 8.33. The van der Waals surface area contributed by atoms with Crippen LogP contribution in [0.3, 0.4) is 0 Å². The Kier molecular flexibility index (Phi) is 4.31. The van der Waals surface area contributed by atoms with Crippen molar-refractivity contribution in [3.63, 3.8) is 0 Å². The highest BCUT2D eigenvalue weighted by atomic mass is 19.4. The second kappa shape index (κ2) is 5.74. The third-order valence-electron chi connectivity index (χ3n) is 3.91. The fourth-order valence-electron chi connectivity index (χ4n) is 2.74. The zero-order valence-electron chi connectivity index (χ0n) is 13.2. The van der Waals surface area contributed by atoms with Crippen LogP contribution < -0.4 is 0 Å². The van der Waals surface area contributed by atoms with Crippen LogP contribution in [-0.4, -0.2) is 14.8 Å². The smallest absolute Gasteiger partial charge is 0.236 e. The van der Waals surface area contributed by atoms with Crippen molar-refractivity contribution >= 4 is 0 Å². The fourth-order valence-corrected chi connectivity index (χ4v) is 2.74. The van der Waals surface area contributed by atoms with Crippen molar-refractivity contribution in [1.29, 1.82) is 0 Å². The zero-order chi connectivity index (χ0) is 16.5. The van der Waals surface area contributed by atoms with Gasteiger partial charge in [-0.05, 0) is 36.5 Å². The van der Waals surface area contributed by atoms with E-state index in [2.05, 4.69) is 30.9 Å². The molecule has 0 saturated carbocycles. The maximum Gasteiger partial charge on any atom is 0.417 e. The molecule has 0 atom stereocenters. The number of nitrogens with zero attached hydrogens (tertiary/aromatic N) is 3. The van der Waals surface area contributed by atoms with Crippen molar-refractivity contribution in [1.82, 2.24) is 14.8 Å². The van der Waals surface area contributed by atoms with E-state index in [9.17, 15) is 13.2 Å². The normalized spacial score (nSPS) is 12.7. The molecule has 6 heteroatoms. The maximum atomic E-state index is 12.6. The highest BCUT2D eigenvalue weighted by Gasteiger charge is 2.31. The second-order valence-electron chi connectivity index (χ2n) is 6.09. The number of rotatable bonds is 4. The lowest BCUT2D eigenvalue weighted by Gasteiger charge is -2.23. The first-order chi connectivity index (χ1) is 10.2. The van der Waals surface area contributed by atoms with Crippen LogP contribution in [-0.2, 0) is 11.6 Å². The van der Waals surface area contributed by atoms with E-state index in [1.54, 1.807) is 10.9 Å². The Morgan fingerprint density at radius 2 is 1.82 bits per heavy atom. The first-order valence-corrected chi connectivity index (χ1v) is 7.25. The summed E-state index contributed by atoms with van der Waals surface area (Å²) < 4.78 is 39.3. The van der Waals surface area contributed by atoms with Gasteiger partial charge in [-0.1, -0.05) is 27.2 Å². The average molecular weight is 311 g/mol. The molecule has 0 aromatic carbocycles. The van der Waals surface area contributed by atoms with Crippen LogP contribution in [0.5, 0.6) is 0 Å². The largest absolute Gasteiger partial charge is 0.417 e. The Hall–Kier alpha value is -1.85. The number of hydrogen-bond acceptors (Lipinski definition) is 2. The second-order valence-corrected chi connectivity index (χ2v) is 6.09. The summed E-state index contributed by atoms with van der Waals surface area (Å²) in [6.07, 6.45) is 0.312. The van der Waals surface area contributed by atoms with Gasteiger partial charge in [-0.25, -0.2) is 9.67 Å². The minimum absolute atomic E-state index is 0.0248. The Morgan fingerprint density at radius 3 is 2.32 bits per heavy atom. The molecule has 2 heterocycles. The molecule has 2 rings (SSSR count). The molecular weight excluding hydrogens is 291 g/mol. The van der Waals surface area contributed by atoms with E-state index in [0.29, 0.717) is 5.82 Å². The van der Waals surface area contributed by atoms with Gasteiger partial charge in [0.15, 0.2) is 5.82 Å². The van der Waals surface area contributed by atoms with E-state index in [1.807, 2.05) is 6.92 Å². The SMILES string of the molecule is CCCC(C)(C)c1cnn(-c2ccc(C(F)(F)F)cn2)c1C. The van der Waals surface area contributed by atoms with Gasteiger partial charge in [0.2, 0.25) is 0 Å². The quantitative estimate of drug-likeness (QED) is 0.821. The highest BCUT2D eigenvalue weighted by molar-refractivity contribution is 5.33. The lowest BCUT2D eigenvalue weighted by atomic mass is 9.81. The third kappa shape index (κ3) is 3.15. The molecule has 0 fully saturated rings. The highest BCUT2D eigenvalue weighted by Crippen LogP contribution is 2.32. The number of halogens is 3. The monoisotopic (exact) mass is 311 g/mol. The van der Waals surface area contributed by atoms with Gasteiger partial charge in [0.25, 0.3) is 0 Å². The van der Waals surface area contributed by atoms with Crippen LogP contribution in [0.2, 0.25) is 0 Å². The van der Waals surface area contributed by atoms with Crippen molar-refractivity contribution in [3.8, 4) is 5.82 Å². The Labute approximate surface area is 128 Å². The summed E-state index contributed by atoms with van der Waals surface area (Å²) in [4.78, 5) is 3.90. The van der Waals surface area contributed by atoms with Crippen LogP contribution >= 0.6 is 0 Å². The Bertz CT molecular complexity index is 640. The Balaban J connectivity index is 2.37. The molecule has 0 radical (unpaired) electrons. The molecule has 0 saturated heterocycles. The third-order valence-corrected chi connectivity index (χ3v) is 3.91. The average Bonchev–Trinajstić information content (AvgIpc) is 2.80. The van der Waals surface area contributed by atoms with E-state index in [-0.39, 0.29) is 5.41 Å². The topological polar surface area (TPSA) is 30.7 Å². The molecule has 3 nitrogen and oxygen atoms in total. The number of pyridine rings is 1. The minimum Gasteiger partial charge on any atom is -0.236 e. The summed E-state index contributed by atoms with van der Waals surface area (Å²) in [5.41, 5.74) is 1.22. The van der Waals surface area contributed by atoms with Crippen LogP contribution in [0.1, 0.15) is 50.4 Å². The first kappa shape index (κ1) is 16.5. The zero-order valence-corrected chi connectivity index (χ0v) is 13.2. The molecule has 0 amide bonds. The first-order valence-electron chi connectivity index (χ1n) is 7.25. The van der Waals surface area contributed by atoms with Crippen molar-refractivity contribution in [2.24, 2.45) is 0 Å². The van der Waals surface area contributed by atoms with E-state index >= 15 is 0 Å². The van der Waals surface area contributed by atoms with E-state index in [1.165, 1.54) is 6.07 Å². The van der Waals surface area contributed by atoms with Crippen LogP contribution in [0.25, 0.3) is 5.82 Å². The molecule has 0 aliphatic rings. The van der Waals surface area contributed by atoms with Gasteiger partial charge in [-0.3, -0.25) is 0 Å². The van der Waals surface area contributed by atoms with Gasteiger partial charge in [0.05, 0.1) is 11.8 Å². The van der Waals surface area contributed by atoms with Gasteiger partial charge in [-0.2, -0.15) is 18.3 Å². The predicted octanol–water partition coefficient (Wildman–Crippen LogP) is 4.67. The molecule has 0 bridgehead atoms. The minimum atomic E-state index is -4.38. The standard InChI is InChI=1S/C16H20F3N3/c1-5-8-15(3,4)13-10-21-22(11(13)2)14-7-6-12(9-20-14)16(17,18)19/h6-7,9-10H,5,8H2,1-4H3. The Morgan fingerprint density at radius 1 is 1.14 bits per heavy atom. The number of aromatic nitrogens is 3. The van der Waals surface area contributed by atoms with Crippen molar-refractivity contribution in [2.45, 2.75) is 52.1 Å². The van der Waals surface area contributed by atoms with Crippen molar-refractivity contribution in [2.75, 3.05) is 0 Å². The molecule has 0 aliphatic heterocycles. The molecule has 0 spiro atoms. The van der Waals surface area contributed by atoms with Gasteiger partial charge >= 0.3 is 6.18 Å². The van der Waals surface area contributed by atoms with Crippen LogP contribution in [0, 0.1) is 6.92 Å². The lowest BCUT2D eigenvalue weighted by Crippen LogP contribution is -2.17. The lowest BCUT2D eigenvalue weighted by molar-refractivity contribution is -0.137. The molecule has 0 aliphatic carbocycles. The van der Waals surface area contributed by atoms with Gasteiger partial charge in [0.1, 0.15) is 0 Å². The van der Waals surface area contributed by atoms with Gasteiger partial charge in [-0.15, -0.1) is 0 Å². The number of hydrogen-bond donors (Lipinski definition) is 0. The van der Waals surface area contributed by atoms with E-state index in [0.717, 1.165) is 36.4 Å². The van der Waals surface area contributed by atoms with E-state index in [4.69, 9.17) is 0 Å². The summed E-state index contributed by atoms with van der Waals surface area (Å²) in [5.74, 6) is 0.393. The fraction of sp³-hybridized carbons (Fsp3) is 0.500. The van der Waals surface area contributed by atoms with E-state index < -0.39 is 11.7 Å². The van der Waals surface area contributed by atoms with Crippen molar-refractivity contribution in [3.05, 3.63) is 41.3 Å². The molecule has 2 aromatic rings. The molecule has 2 aromatic heterocycles.